The Kier molecular flexibility index (Phi) is 10.4. The van der Waals surface area contributed by atoms with E-state index in [0.29, 0.717) is 5.75 Å². The van der Waals surface area contributed by atoms with Crippen molar-refractivity contribution in [1.29, 1.82) is 0 Å². The minimum absolute atomic E-state index is 0.190. The van der Waals surface area contributed by atoms with E-state index in [1.807, 2.05) is 24.3 Å². The fourth-order valence-corrected chi connectivity index (χ4v) is 5.46. The first-order valence-electron chi connectivity index (χ1n) is 11.2. The first-order chi connectivity index (χ1) is 14.4. The Bertz CT molecular complexity index is 733. The molecule has 1 N–H and O–H groups in total. The quantitative estimate of drug-likeness (QED) is 0.302. The van der Waals surface area contributed by atoms with E-state index in [4.69, 9.17) is 13.6 Å². The van der Waals surface area contributed by atoms with Crippen molar-refractivity contribution in [2.45, 2.75) is 78.6 Å². The van der Waals surface area contributed by atoms with Crippen LogP contribution in [0.2, 0.25) is 6.04 Å². The molecule has 30 heavy (non-hydrogen) atoms. The molecule has 0 saturated carbocycles. The van der Waals surface area contributed by atoms with Crippen LogP contribution in [0.5, 0.6) is 11.5 Å². The number of hydrogen-bond acceptors (Lipinski definition) is 4. The molecule has 2 aromatic rings. The smallest absolute Gasteiger partial charge is 0.321 e. The van der Waals surface area contributed by atoms with Gasteiger partial charge in [0.25, 0.3) is 0 Å². The molecule has 2 aromatic carbocycles. The van der Waals surface area contributed by atoms with E-state index in [1.54, 1.807) is 6.07 Å². The van der Waals surface area contributed by atoms with Gasteiger partial charge in [0.1, 0.15) is 11.5 Å². The van der Waals surface area contributed by atoms with Crippen LogP contribution in [-0.2, 0) is 15.3 Å². The molecule has 0 atom stereocenters. The van der Waals surface area contributed by atoms with Crippen molar-refractivity contribution in [3.05, 3.63) is 48.0 Å². The lowest BCUT2D eigenvalue weighted by Crippen LogP contribution is -2.29. The second-order valence-electron chi connectivity index (χ2n) is 8.26. The fourth-order valence-electron chi connectivity index (χ4n) is 3.37. The minimum Gasteiger partial charge on any atom is -0.508 e. The van der Waals surface area contributed by atoms with Gasteiger partial charge in [-0.2, -0.15) is 0 Å². The average Bonchev–Trinajstić information content (AvgIpc) is 2.68. The molecule has 0 aliphatic heterocycles. The van der Waals surface area contributed by atoms with Crippen molar-refractivity contribution in [3.8, 4) is 22.6 Å². The number of phenols is 1. The molecule has 0 aliphatic carbocycles. The van der Waals surface area contributed by atoms with Crippen LogP contribution >= 0.6 is 0 Å². The number of benzene rings is 2. The molecule has 0 bridgehead atoms. The van der Waals surface area contributed by atoms with E-state index in [2.05, 4.69) is 46.8 Å². The molecule has 4 nitrogen and oxygen atoms in total. The lowest BCUT2D eigenvalue weighted by atomic mass is 9.96. The molecular weight excluding hydrogens is 392 g/mol. The molecule has 0 amide bonds. The third-order valence-corrected chi connectivity index (χ3v) is 7.33. The molecule has 0 fully saturated rings. The zero-order chi connectivity index (χ0) is 21.9. The van der Waals surface area contributed by atoms with E-state index in [-0.39, 0.29) is 12.2 Å². The maximum Gasteiger partial charge on any atom is 0.321 e. The molecule has 0 aliphatic rings. The Morgan fingerprint density at radius 1 is 0.900 bits per heavy atom. The Hall–Kier alpha value is -1.82. The lowest BCUT2D eigenvalue weighted by molar-refractivity contribution is 0.129. The SMILES string of the molecule is CCCCOc1ccc(-c2ccc(O)cc2CCC[SiH](OC(C)C)OC(C)C)cc1. The predicted octanol–water partition coefficient (Wildman–Crippen LogP) is 6.24. The van der Waals surface area contributed by atoms with Crippen molar-refractivity contribution >= 4 is 9.28 Å². The largest absolute Gasteiger partial charge is 0.508 e. The van der Waals surface area contributed by atoms with Gasteiger partial charge in [-0.1, -0.05) is 31.5 Å². The van der Waals surface area contributed by atoms with Gasteiger partial charge >= 0.3 is 9.28 Å². The molecular formula is C25H38O4Si. The van der Waals surface area contributed by atoms with Crippen LogP contribution in [0.1, 0.15) is 59.4 Å². The van der Waals surface area contributed by atoms with Crippen LogP contribution in [0, 0.1) is 0 Å². The van der Waals surface area contributed by atoms with Gasteiger partial charge in [0.05, 0.1) is 6.61 Å². The molecule has 0 spiro atoms. The maximum absolute atomic E-state index is 10.0. The van der Waals surface area contributed by atoms with Crippen molar-refractivity contribution in [3.63, 3.8) is 0 Å². The molecule has 5 heteroatoms. The zero-order valence-corrected chi connectivity index (χ0v) is 20.3. The number of aromatic hydroxyl groups is 1. The van der Waals surface area contributed by atoms with Gasteiger partial charge in [-0.05, 0) is 94.0 Å². The highest BCUT2D eigenvalue weighted by Crippen LogP contribution is 2.30. The van der Waals surface area contributed by atoms with Crippen LogP contribution < -0.4 is 4.74 Å². The summed E-state index contributed by atoms with van der Waals surface area (Å²) in [6.45, 7) is 11.2. The van der Waals surface area contributed by atoms with Gasteiger partial charge in [-0.3, -0.25) is 0 Å². The summed E-state index contributed by atoms with van der Waals surface area (Å²) in [4.78, 5) is 0. The summed E-state index contributed by atoms with van der Waals surface area (Å²) in [5, 5.41) is 10.0. The monoisotopic (exact) mass is 430 g/mol. The van der Waals surface area contributed by atoms with Gasteiger partial charge in [-0.25, -0.2) is 0 Å². The minimum atomic E-state index is -1.69. The van der Waals surface area contributed by atoms with Crippen molar-refractivity contribution in [2.75, 3.05) is 6.61 Å². The summed E-state index contributed by atoms with van der Waals surface area (Å²) < 4.78 is 17.9. The maximum atomic E-state index is 10.0. The normalized spacial score (nSPS) is 11.6. The Balaban J connectivity index is 2.05. The van der Waals surface area contributed by atoms with Gasteiger partial charge < -0.3 is 18.7 Å². The van der Waals surface area contributed by atoms with E-state index >= 15 is 0 Å². The Labute approximate surface area is 184 Å². The van der Waals surface area contributed by atoms with E-state index < -0.39 is 9.28 Å². The molecule has 0 heterocycles. The molecule has 166 valence electrons. The second kappa shape index (κ2) is 12.8. The Morgan fingerprint density at radius 2 is 1.57 bits per heavy atom. The van der Waals surface area contributed by atoms with Crippen LogP contribution in [0.15, 0.2) is 42.5 Å². The summed E-state index contributed by atoms with van der Waals surface area (Å²) in [7, 11) is -1.69. The van der Waals surface area contributed by atoms with Crippen molar-refractivity contribution < 1.29 is 18.7 Å². The average molecular weight is 431 g/mol. The van der Waals surface area contributed by atoms with Gasteiger partial charge in [0.2, 0.25) is 0 Å². The molecule has 0 aromatic heterocycles. The number of hydrogen-bond donors (Lipinski definition) is 1. The topological polar surface area (TPSA) is 47.9 Å². The highest BCUT2D eigenvalue weighted by atomic mass is 28.3. The highest BCUT2D eigenvalue weighted by Gasteiger charge is 2.17. The van der Waals surface area contributed by atoms with Gasteiger partial charge in [-0.15, -0.1) is 0 Å². The van der Waals surface area contributed by atoms with Crippen LogP contribution in [0.25, 0.3) is 11.1 Å². The molecule has 0 radical (unpaired) electrons. The molecule has 0 unspecified atom stereocenters. The van der Waals surface area contributed by atoms with Gasteiger partial charge in [0, 0.05) is 12.2 Å². The third-order valence-electron chi connectivity index (χ3n) is 4.75. The van der Waals surface area contributed by atoms with Crippen LogP contribution in [0.4, 0.5) is 0 Å². The zero-order valence-electron chi connectivity index (χ0n) is 19.2. The lowest BCUT2D eigenvalue weighted by Gasteiger charge is -2.21. The van der Waals surface area contributed by atoms with Crippen molar-refractivity contribution in [2.24, 2.45) is 0 Å². The Morgan fingerprint density at radius 3 is 2.17 bits per heavy atom. The summed E-state index contributed by atoms with van der Waals surface area (Å²) in [5.41, 5.74) is 3.44. The van der Waals surface area contributed by atoms with E-state index in [1.165, 1.54) is 0 Å². The van der Waals surface area contributed by atoms with Crippen molar-refractivity contribution in [1.82, 2.24) is 0 Å². The van der Waals surface area contributed by atoms with E-state index in [0.717, 1.165) is 60.8 Å². The third kappa shape index (κ3) is 8.50. The number of aryl methyl sites for hydroxylation is 1. The number of rotatable bonds is 13. The number of ether oxygens (including phenoxy) is 1. The summed E-state index contributed by atoms with van der Waals surface area (Å²) in [6.07, 6.45) is 4.43. The fraction of sp³-hybridized carbons (Fsp3) is 0.520. The summed E-state index contributed by atoms with van der Waals surface area (Å²) in [6, 6.07) is 14.8. The molecule has 2 rings (SSSR count). The number of unbranched alkanes of at least 4 members (excludes halogenated alkanes) is 1. The summed E-state index contributed by atoms with van der Waals surface area (Å²) in [5.74, 6) is 1.21. The first-order valence-corrected chi connectivity index (χ1v) is 13.0. The van der Waals surface area contributed by atoms with Crippen LogP contribution in [-0.4, -0.2) is 33.2 Å². The molecule has 0 saturated heterocycles. The first kappa shape index (κ1) is 24.4. The standard InChI is InChI=1S/C25H38O4Si/c1-6-7-16-27-24-13-10-21(11-14-24)25-15-12-23(26)18-22(25)9-8-17-30(28-19(2)3)29-20(4)5/h10-15,18-20,26,30H,6-9,16-17H2,1-5H3. The van der Waals surface area contributed by atoms with Gasteiger partial charge in [0.15, 0.2) is 0 Å². The van der Waals surface area contributed by atoms with E-state index in [9.17, 15) is 5.11 Å². The second-order valence-corrected chi connectivity index (χ2v) is 10.2. The van der Waals surface area contributed by atoms with Crippen LogP contribution in [0.3, 0.4) is 0 Å². The highest BCUT2D eigenvalue weighted by molar-refractivity contribution is 6.44. The predicted molar refractivity (Wildman–Crippen MR) is 127 cm³/mol. The summed E-state index contributed by atoms with van der Waals surface area (Å²) >= 11 is 0. The number of phenolic OH excluding ortho intramolecular Hbond substituents is 1.